The van der Waals surface area contributed by atoms with E-state index >= 15 is 0 Å². The fourth-order valence-corrected chi connectivity index (χ4v) is 3.84. The molecule has 0 saturated heterocycles. The number of rotatable bonds is 4. The van der Waals surface area contributed by atoms with Crippen molar-refractivity contribution in [3.8, 4) is 0 Å². The minimum atomic E-state index is -0.727. The van der Waals surface area contributed by atoms with Crippen LogP contribution < -0.4 is 5.56 Å². The molecule has 1 atom stereocenters. The molecule has 130 valence electrons. The molecule has 0 aliphatic heterocycles. The largest absolute Gasteiger partial charge is 0.454 e. The highest BCUT2D eigenvalue weighted by Crippen LogP contribution is 2.30. The molecule has 0 radical (unpaired) electrons. The number of benzene rings is 1. The number of carbonyl (C=O) groups excluding carboxylic acids is 1. The Morgan fingerprint density at radius 1 is 1.40 bits per heavy atom. The van der Waals surface area contributed by atoms with Crippen LogP contribution in [0.25, 0.3) is 4.96 Å². The van der Waals surface area contributed by atoms with Gasteiger partial charge in [-0.15, -0.1) is 11.3 Å². The molecule has 0 saturated carbocycles. The van der Waals surface area contributed by atoms with Crippen LogP contribution in [-0.2, 0) is 4.74 Å². The van der Waals surface area contributed by atoms with Gasteiger partial charge in [0, 0.05) is 26.7 Å². The Morgan fingerprint density at radius 3 is 2.84 bits per heavy atom. The van der Waals surface area contributed by atoms with Gasteiger partial charge in [0.25, 0.3) is 5.56 Å². The first-order valence-electron chi connectivity index (χ1n) is 7.54. The average molecular weight is 397 g/mol. The summed E-state index contributed by atoms with van der Waals surface area (Å²) in [5.41, 5.74) is 0.816. The predicted molar refractivity (Wildman–Crippen MR) is 99.0 cm³/mol. The number of esters is 1. The molecule has 1 aromatic carbocycles. The molecule has 8 heteroatoms. The van der Waals surface area contributed by atoms with Crippen LogP contribution in [0.15, 0.2) is 34.6 Å². The number of fused-ring (bicyclic) bond motifs is 1. The maximum atomic E-state index is 12.6. The van der Waals surface area contributed by atoms with Crippen LogP contribution in [0.5, 0.6) is 0 Å². The maximum absolute atomic E-state index is 12.6. The van der Waals surface area contributed by atoms with E-state index in [1.54, 1.807) is 30.5 Å². The van der Waals surface area contributed by atoms with E-state index in [0.717, 1.165) is 5.69 Å². The van der Waals surface area contributed by atoms with Crippen molar-refractivity contribution in [2.24, 2.45) is 0 Å². The minimum Gasteiger partial charge on any atom is -0.454 e. The van der Waals surface area contributed by atoms with Crippen LogP contribution in [0.4, 0.5) is 0 Å². The molecular weight excluding hydrogens is 383 g/mol. The summed E-state index contributed by atoms with van der Waals surface area (Å²) in [6.07, 6.45) is 1.18. The molecule has 1 unspecified atom stereocenters. The van der Waals surface area contributed by atoms with Gasteiger partial charge in [0.1, 0.15) is 11.7 Å². The first-order chi connectivity index (χ1) is 11.9. The fourth-order valence-electron chi connectivity index (χ4n) is 2.49. The predicted octanol–water partition coefficient (Wildman–Crippen LogP) is 4.68. The number of ether oxygens (including phenoxy) is 1. The smallest absolute Gasteiger partial charge is 0.346 e. The van der Waals surface area contributed by atoms with Gasteiger partial charge in [-0.2, -0.15) is 0 Å². The highest BCUT2D eigenvalue weighted by atomic mass is 35.5. The van der Waals surface area contributed by atoms with Gasteiger partial charge >= 0.3 is 5.97 Å². The Labute approximate surface area is 157 Å². The number of nitrogens with zero attached hydrogens (tertiary/aromatic N) is 2. The van der Waals surface area contributed by atoms with E-state index in [2.05, 4.69) is 4.98 Å². The van der Waals surface area contributed by atoms with E-state index in [9.17, 15) is 9.59 Å². The summed E-state index contributed by atoms with van der Waals surface area (Å²) in [6.45, 7) is 3.64. The van der Waals surface area contributed by atoms with Crippen molar-refractivity contribution in [2.75, 3.05) is 0 Å². The molecule has 2 aromatic heterocycles. The number of hydrogen-bond acceptors (Lipinski definition) is 5. The molecule has 0 fully saturated rings. The summed E-state index contributed by atoms with van der Waals surface area (Å²) in [5.74, 6) is -0.727. The molecule has 0 bridgehead atoms. The summed E-state index contributed by atoms with van der Waals surface area (Å²) in [4.78, 5) is 29.8. The Hall–Kier alpha value is -1.89. The molecule has 5 nitrogen and oxygen atoms in total. The quantitative estimate of drug-likeness (QED) is 0.600. The molecule has 2 heterocycles. The highest BCUT2D eigenvalue weighted by molar-refractivity contribution is 7.15. The molecule has 3 rings (SSSR count). The van der Waals surface area contributed by atoms with E-state index in [1.807, 2.05) is 6.92 Å². The van der Waals surface area contributed by atoms with Gasteiger partial charge in [0.15, 0.2) is 4.96 Å². The van der Waals surface area contributed by atoms with Gasteiger partial charge < -0.3 is 4.74 Å². The zero-order valence-electron chi connectivity index (χ0n) is 13.5. The third-order valence-corrected chi connectivity index (χ3v) is 5.29. The number of halogens is 2. The zero-order chi connectivity index (χ0) is 18.1. The van der Waals surface area contributed by atoms with E-state index < -0.39 is 17.6 Å². The van der Waals surface area contributed by atoms with Crippen molar-refractivity contribution < 1.29 is 9.53 Å². The average Bonchev–Trinajstić information content (AvgIpc) is 2.95. The van der Waals surface area contributed by atoms with Gasteiger partial charge in [-0.3, -0.25) is 9.20 Å². The summed E-state index contributed by atoms with van der Waals surface area (Å²) in [5, 5.41) is 2.71. The summed E-state index contributed by atoms with van der Waals surface area (Å²) in [6, 6.07) is 4.98. The van der Waals surface area contributed by atoms with Crippen molar-refractivity contribution in [1.29, 1.82) is 0 Å². The number of thiazole rings is 1. The Kier molecular flexibility index (Phi) is 5.13. The third-order valence-electron chi connectivity index (χ3n) is 3.77. The summed E-state index contributed by atoms with van der Waals surface area (Å²) >= 11 is 13.4. The maximum Gasteiger partial charge on any atom is 0.346 e. The van der Waals surface area contributed by atoms with Crippen LogP contribution in [0.2, 0.25) is 10.0 Å². The van der Waals surface area contributed by atoms with Crippen molar-refractivity contribution in [3.63, 3.8) is 0 Å². The van der Waals surface area contributed by atoms with Crippen LogP contribution in [-0.4, -0.2) is 15.4 Å². The van der Waals surface area contributed by atoms with E-state index in [0.29, 0.717) is 27.0 Å². The first-order valence-corrected chi connectivity index (χ1v) is 9.17. The van der Waals surface area contributed by atoms with Crippen LogP contribution in [0, 0.1) is 6.92 Å². The summed E-state index contributed by atoms with van der Waals surface area (Å²) in [7, 11) is 0. The number of aryl methyl sites for hydroxylation is 1. The lowest BCUT2D eigenvalue weighted by Gasteiger charge is -2.18. The Balaban J connectivity index is 1.94. The number of hydrogen-bond donors (Lipinski definition) is 0. The van der Waals surface area contributed by atoms with E-state index in [4.69, 9.17) is 27.9 Å². The molecule has 0 aliphatic rings. The van der Waals surface area contributed by atoms with Gasteiger partial charge in [-0.25, -0.2) is 9.78 Å². The lowest BCUT2D eigenvalue weighted by molar-refractivity contribution is 0.0285. The second-order valence-corrected chi connectivity index (χ2v) is 7.12. The standard InChI is InChI=1S/C17H14Cl2N2O3S/c1-3-14(11-5-4-10(18)6-13(11)19)24-16(23)12-7-20-17-21(15(12)22)9(2)8-25-17/h4-8,14H,3H2,1-2H3. The van der Waals surface area contributed by atoms with Gasteiger partial charge in [-0.1, -0.05) is 36.2 Å². The van der Waals surface area contributed by atoms with E-state index in [1.165, 1.54) is 21.9 Å². The highest BCUT2D eigenvalue weighted by Gasteiger charge is 2.22. The SMILES string of the molecule is CCC(OC(=O)c1cnc2scc(C)n2c1=O)c1ccc(Cl)cc1Cl. The Morgan fingerprint density at radius 2 is 2.16 bits per heavy atom. The molecule has 0 amide bonds. The topological polar surface area (TPSA) is 60.7 Å². The lowest BCUT2D eigenvalue weighted by atomic mass is 10.1. The lowest BCUT2D eigenvalue weighted by Crippen LogP contribution is -2.25. The molecular formula is C17H14Cl2N2O3S. The van der Waals surface area contributed by atoms with Crippen molar-refractivity contribution in [3.05, 3.63) is 67.0 Å². The van der Waals surface area contributed by atoms with E-state index in [-0.39, 0.29) is 5.56 Å². The molecule has 0 aliphatic carbocycles. The normalized spacial score (nSPS) is 12.3. The molecule has 3 aromatic rings. The van der Waals surface area contributed by atoms with Crippen molar-refractivity contribution >= 4 is 45.5 Å². The zero-order valence-corrected chi connectivity index (χ0v) is 15.8. The van der Waals surface area contributed by atoms with Crippen LogP contribution in [0.1, 0.15) is 41.1 Å². The Bertz CT molecular complexity index is 1010. The molecule has 0 N–H and O–H groups in total. The minimum absolute atomic E-state index is 0.109. The molecule has 0 spiro atoms. The number of carbonyl (C=O) groups is 1. The van der Waals surface area contributed by atoms with Gasteiger partial charge in [0.05, 0.1) is 6.20 Å². The van der Waals surface area contributed by atoms with Crippen LogP contribution in [0.3, 0.4) is 0 Å². The van der Waals surface area contributed by atoms with Gasteiger partial charge in [-0.05, 0) is 25.5 Å². The van der Waals surface area contributed by atoms with Crippen molar-refractivity contribution in [1.82, 2.24) is 9.38 Å². The fraction of sp³-hybridized carbons (Fsp3) is 0.235. The van der Waals surface area contributed by atoms with Crippen molar-refractivity contribution in [2.45, 2.75) is 26.4 Å². The molecule has 25 heavy (non-hydrogen) atoms. The number of aromatic nitrogens is 2. The summed E-state index contributed by atoms with van der Waals surface area (Å²) < 4.78 is 6.92. The third kappa shape index (κ3) is 3.42. The first kappa shape index (κ1) is 17.9. The second kappa shape index (κ2) is 7.15. The van der Waals surface area contributed by atoms with Gasteiger partial charge in [0.2, 0.25) is 0 Å². The van der Waals surface area contributed by atoms with Crippen LogP contribution >= 0.6 is 34.5 Å². The second-order valence-electron chi connectivity index (χ2n) is 5.44. The monoisotopic (exact) mass is 396 g/mol.